The van der Waals surface area contributed by atoms with Gasteiger partial charge in [0.15, 0.2) is 0 Å². The zero-order valence-corrected chi connectivity index (χ0v) is 12.3. The van der Waals surface area contributed by atoms with E-state index in [1.54, 1.807) is 19.1 Å². The van der Waals surface area contributed by atoms with Crippen molar-refractivity contribution in [2.45, 2.75) is 13.0 Å². The van der Waals surface area contributed by atoms with Crippen molar-refractivity contribution < 1.29 is 9.18 Å². The van der Waals surface area contributed by atoms with Crippen LogP contribution in [0.1, 0.15) is 18.5 Å². The van der Waals surface area contributed by atoms with Crippen LogP contribution in [0.3, 0.4) is 0 Å². The molecule has 3 aromatic rings. The summed E-state index contributed by atoms with van der Waals surface area (Å²) < 4.78 is 14.3. The number of benzene rings is 2. The first-order valence-electron chi connectivity index (χ1n) is 7.03. The van der Waals surface area contributed by atoms with Gasteiger partial charge in [-0.3, -0.25) is 4.79 Å². The molecule has 1 aromatic heterocycles. The van der Waals surface area contributed by atoms with Crippen LogP contribution in [0.25, 0.3) is 11.0 Å². The Bertz CT molecular complexity index is 856. The predicted molar refractivity (Wildman–Crippen MR) is 84.4 cm³/mol. The molecule has 0 aliphatic heterocycles. The zero-order chi connectivity index (χ0) is 16.2. The average molecular weight is 311 g/mol. The third-order valence-electron chi connectivity index (χ3n) is 3.38. The van der Waals surface area contributed by atoms with Crippen molar-refractivity contribution in [2.75, 3.05) is 0 Å². The first-order chi connectivity index (χ1) is 11.1. The quantitative estimate of drug-likeness (QED) is 0.593. The lowest BCUT2D eigenvalue weighted by molar-refractivity contribution is -0.124. The second-order valence-electron chi connectivity index (χ2n) is 4.98. The minimum Gasteiger partial charge on any atom is -0.271 e. The van der Waals surface area contributed by atoms with E-state index in [-0.39, 0.29) is 11.7 Å². The van der Waals surface area contributed by atoms with Gasteiger partial charge in [0.25, 0.3) is 5.91 Å². The van der Waals surface area contributed by atoms with Gasteiger partial charge in [0, 0.05) is 0 Å². The largest absolute Gasteiger partial charge is 0.271 e. The maximum absolute atomic E-state index is 12.8. The van der Waals surface area contributed by atoms with E-state index in [0.29, 0.717) is 5.56 Å². The van der Waals surface area contributed by atoms with Crippen LogP contribution in [0.15, 0.2) is 53.6 Å². The highest BCUT2D eigenvalue weighted by atomic mass is 19.1. The summed E-state index contributed by atoms with van der Waals surface area (Å²) in [6.07, 6.45) is 1.45. The Morgan fingerprint density at radius 3 is 2.78 bits per heavy atom. The smallest absolute Gasteiger partial charge is 0.264 e. The second-order valence-corrected chi connectivity index (χ2v) is 4.98. The molecule has 0 saturated carbocycles. The fourth-order valence-corrected chi connectivity index (χ4v) is 2.10. The van der Waals surface area contributed by atoms with Crippen LogP contribution in [0.5, 0.6) is 0 Å². The molecule has 1 unspecified atom stereocenters. The molecule has 1 amide bonds. The Labute approximate surface area is 131 Å². The third kappa shape index (κ3) is 3.23. The number of carbonyl (C=O) groups excluding carboxylic acids is 1. The molecule has 0 fully saturated rings. The van der Waals surface area contributed by atoms with Gasteiger partial charge in [-0.1, -0.05) is 29.5 Å². The molecule has 116 valence electrons. The molecule has 0 aliphatic carbocycles. The van der Waals surface area contributed by atoms with E-state index in [9.17, 15) is 9.18 Å². The fourth-order valence-electron chi connectivity index (χ4n) is 2.10. The molecule has 0 saturated heterocycles. The molecule has 0 aliphatic rings. The van der Waals surface area contributed by atoms with E-state index >= 15 is 0 Å². The first-order valence-corrected chi connectivity index (χ1v) is 7.03. The van der Waals surface area contributed by atoms with Crippen LogP contribution in [-0.4, -0.2) is 27.1 Å². The van der Waals surface area contributed by atoms with Gasteiger partial charge in [0.05, 0.1) is 11.7 Å². The first kappa shape index (κ1) is 14.8. The lowest BCUT2D eigenvalue weighted by atomic mass is 10.2. The van der Waals surface area contributed by atoms with Crippen LogP contribution >= 0.6 is 0 Å². The highest BCUT2D eigenvalue weighted by Crippen LogP contribution is 2.15. The standard InChI is InChI=1S/C16H14FN5O/c1-11(22-15-5-3-2-4-14(15)19-21-22)16(23)20-18-10-12-6-8-13(17)9-7-12/h2-11H,1H3,(H,20,23)/b18-10+. The van der Waals surface area contributed by atoms with Crippen molar-refractivity contribution in [2.24, 2.45) is 5.10 Å². The molecule has 7 heteroatoms. The number of amides is 1. The van der Waals surface area contributed by atoms with E-state index in [4.69, 9.17) is 0 Å². The molecule has 1 heterocycles. The van der Waals surface area contributed by atoms with Crippen molar-refractivity contribution in [3.8, 4) is 0 Å². The molecular formula is C16H14FN5O. The van der Waals surface area contributed by atoms with Crippen LogP contribution in [0.4, 0.5) is 4.39 Å². The minimum atomic E-state index is -0.562. The number of aromatic nitrogens is 3. The third-order valence-corrected chi connectivity index (χ3v) is 3.38. The maximum atomic E-state index is 12.8. The van der Waals surface area contributed by atoms with Crippen LogP contribution in [-0.2, 0) is 4.79 Å². The number of nitrogens with one attached hydrogen (secondary N) is 1. The summed E-state index contributed by atoms with van der Waals surface area (Å²) in [6.45, 7) is 1.71. The summed E-state index contributed by atoms with van der Waals surface area (Å²) in [5.74, 6) is -0.642. The minimum absolute atomic E-state index is 0.320. The van der Waals surface area contributed by atoms with Crippen LogP contribution in [0.2, 0.25) is 0 Å². The zero-order valence-electron chi connectivity index (χ0n) is 12.3. The summed E-state index contributed by atoms with van der Waals surface area (Å²) in [5, 5.41) is 11.9. The maximum Gasteiger partial charge on any atom is 0.264 e. The Hall–Kier alpha value is -3.09. The highest BCUT2D eigenvalue weighted by Gasteiger charge is 2.17. The van der Waals surface area contributed by atoms with Crippen molar-refractivity contribution in [1.82, 2.24) is 20.4 Å². The number of fused-ring (bicyclic) bond motifs is 1. The summed E-state index contributed by atoms with van der Waals surface area (Å²) in [5.41, 5.74) is 4.63. The van der Waals surface area contributed by atoms with E-state index in [1.807, 2.05) is 24.3 Å². The van der Waals surface area contributed by atoms with Gasteiger partial charge in [0.1, 0.15) is 17.4 Å². The molecule has 1 atom stereocenters. The van der Waals surface area contributed by atoms with Gasteiger partial charge in [-0.05, 0) is 36.8 Å². The Balaban J connectivity index is 1.69. The number of hydrogen-bond acceptors (Lipinski definition) is 4. The molecular weight excluding hydrogens is 297 g/mol. The second kappa shape index (κ2) is 6.35. The van der Waals surface area contributed by atoms with Crippen molar-refractivity contribution >= 4 is 23.2 Å². The number of hydrazone groups is 1. The molecule has 1 N–H and O–H groups in total. The summed E-state index contributed by atoms with van der Waals surface area (Å²) in [4.78, 5) is 12.2. The normalized spacial score (nSPS) is 12.6. The Kier molecular flexibility index (Phi) is 4.09. The molecule has 0 bridgehead atoms. The molecule has 0 spiro atoms. The number of halogens is 1. The Morgan fingerprint density at radius 2 is 2.00 bits per heavy atom. The van der Waals surface area contributed by atoms with Crippen LogP contribution in [0, 0.1) is 5.82 Å². The predicted octanol–water partition coefficient (Wildman–Crippen LogP) is 2.28. The topological polar surface area (TPSA) is 72.2 Å². The lowest BCUT2D eigenvalue weighted by Gasteiger charge is -2.10. The van der Waals surface area contributed by atoms with Gasteiger partial charge in [0.2, 0.25) is 0 Å². The molecule has 6 nitrogen and oxygen atoms in total. The molecule has 3 rings (SSSR count). The van der Waals surface area contributed by atoms with E-state index in [0.717, 1.165) is 11.0 Å². The highest BCUT2D eigenvalue weighted by molar-refractivity contribution is 5.85. The molecule has 0 radical (unpaired) electrons. The van der Waals surface area contributed by atoms with Crippen molar-refractivity contribution in [1.29, 1.82) is 0 Å². The van der Waals surface area contributed by atoms with E-state index in [1.165, 1.54) is 23.0 Å². The fraction of sp³-hybridized carbons (Fsp3) is 0.125. The van der Waals surface area contributed by atoms with Gasteiger partial charge < -0.3 is 0 Å². The summed E-state index contributed by atoms with van der Waals surface area (Å²) in [7, 11) is 0. The number of carbonyl (C=O) groups is 1. The number of hydrogen-bond donors (Lipinski definition) is 1. The lowest BCUT2D eigenvalue weighted by Crippen LogP contribution is -2.28. The van der Waals surface area contributed by atoms with Crippen molar-refractivity contribution in [3.05, 3.63) is 59.9 Å². The summed E-state index contributed by atoms with van der Waals surface area (Å²) in [6, 6.07) is 12.6. The van der Waals surface area contributed by atoms with Crippen LogP contribution < -0.4 is 5.43 Å². The molecule has 23 heavy (non-hydrogen) atoms. The van der Waals surface area contributed by atoms with Gasteiger partial charge >= 0.3 is 0 Å². The number of para-hydroxylation sites is 1. The van der Waals surface area contributed by atoms with E-state index in [2.05, 4.69) is 20.8 Å². The van der Waals surface area contributed by atoms with Gasteiger partial charge in [-0.25, -0.2) is 14.5 Å². The Morgan fingerprint density at radius 1 is 1.26 bits per heavy atom. The van der Waals surface area contributed by atoms with Gasteiger partial charge in [-0.2, -0.15) is 5.10 Å². The SMILES string of the molecule is CC(C(=O)N/N=C/c1ccc(F)cc1)n1nnc2ccccc21. The number of nitrogens with zero attached hydrogens (tertiary/aromatic N) is 4. The monoisotopic (exact) mass is 311 g/mol. The van der Waals surface area contributed by atoms with E-state index < -0.39 is 6.04 Å². The van der Waals surface area contributed by atoms with Crippen molar-refractivity contribution in [3.63, 3.8) is 0 Å². The van der Waals surface area contributed by atoms with Gasteiger partial charge in [-0.15, -0.1) is 5.10 Å². The average Bonchev–Trinajstić information content (AvgIpc) is 3.00. The summed E-state index contributed by atoms with van der Waals surface area (Å²) >= 11 is 0. The number of rotatable bonds is 4. The molecule has 2 aromatic carbocycles.